The number of rotatable bonds is 2. The van der Waals surface area contributed by atoms with Crippen LogP contribution in [0.5, 0.6) is 0 Å². The molecule has 0 saturated heterocycles. The van der Waals surface area contributed by atoms with Crippen LogP contribution in [0.4, 0.5) is 0 Å². The van der Waals surface area contributed by atoms with E-state index in [1.165, 1.54) is 0 Å². The van der Waals surface area contributed by atoms with Gasteiger partial charge in [0.25, 0.3) is 0 Å². The molecule has 2 N–H and O–H groups in total. The molecule has 14 heavy (non-hydrogen) atoms. The number of nitrogens with zero attached hydrogens (tertiary/aromatic N) is 3. The first-order chi connectivity index (χ1) is 6.77. The minimum atomic E-state index is -1.43. The summed E-state index contributed by atoms with van der Waals surface area (Å²) in [6.07, 6.45) is 3.29. The van der Waals surface area contributed by atoms with E-state index in [9.17, 15) is 0 Å². The highest BCUT2D eigenvalue weighted by atomic mass is 16.4. The number of benzene rings is 1. The van der Waals surface area contributed by atoms with Crippen LogP contribution in [0.25, 0.3) is 5.69 Å². The van der Waals surface area contributed by atoms with Crippen LogP contribution in [0, 0.1) is 0 Å². The maximum absolute atomic E-state index is 8.87. The Balaban J connectivity index is 2.31. The lowest BCUT2D eigenvalue weighted by atomic mass is 9.80. The second kappa shape index (κ2) is 3.61. The molecule has 70 valence electrons. The predicted molar refractivity (Wildman–Crippen MR) is 51.2 cm³/mol. The van der Waals surface area contributed by atoms with Crippen molar-refractivity contribution in [2.24, 2.45) is 0 Å². The molecule has 5 nitrogen and oxygen atoms in total. The van der Waals surface area contributed by atoms with Gasteiger partial charge in [0.1, 0.15) is 0 Å². The van der Waals surface area contributed by atoms with E-state index in [1.54, 1.807) is 41.3 Å². The van der Waals surface area contributed by atoms with Crippen LogP contribution in [0.1, 0.15) is 0 Å². The van der Waals surface area contributed by atoms with Gasteiger partial charge in [-0.2, -0.15) is 0 Å². The molecule has 0 bridgehead atoms. The van der Waals surface area contributed by atoms with Crippen LogP contribution in [0.15, 0.2) is 36.7 Å². The lowest BCUT2D eigenvalue weighted by Crippen LogP contribution is -2.29. The fraction of sp³-hybridized carbons (Fsp3) is 0. The largest absolute Gasteiger partial charge is 0.488 e. The summed E-state index contributed by atoms with van der Waals surface area (Å²) in [6.45, 7) is 0. The van der Waals surface area contributed by atoms with E-state index in [2.05, 4.69) is 10.3 Å². The molecule has 0 aliphatic rings. The number of hydrogen-bond acceptors (Lipinski definition) is 4. The minimum absolute atomic E-state index is 0.453. The molecular weight excluding hydrogens is 181 g/mol. The molecule has 1 aromatic carbocycles. The molecule has 0 aliphatic carbocycles. The van der Waals surface area contributed by atoms with Crippen LogP contribution in [-0.4, -0.2) is 32.2 Å². The summed E-state index contributed by atoms with van der Waals surface area (Å²) in [7, 11) is -1.43. The molecule has 0 amide bonds. The number of hydrogen-bond donors (Lipinski definition) is 2. The highest BCUT2D eigenvalue weighted by molar-refractivity contribution is 6.58. The topological polar surface area (TPSA) is 71.2 Å². The summed E-state index contributed by atoms with van der Waals surface area (Å²) in [5.74, 6) is 0. The summed E-state index contributed by atoms with van der Waals surface area (Å²) < 4.78 is 1.59. The van der Waals surface area contributed by atoms with Gasteiger partial charge >= 0.3 is 7.12 Å². The summed E-state index contributed by atoms with van der Waals surface area (Å²) in [5, 5.41) is 25.2. The lowest BCUT2D eigenvalue weighted by Gasteiger charge is -2.01. The third kappa shape index (κ3) is 1.66. The molecule has 0 unspecified atom stereocenters. The highest BCUT2D eigenvalue weighted by Gasteiger charge is 2.09. The molecule has 0 aliphatic heterocycles. The number of aromatic nitrogens is 3. The Morgan fingerprint density at radius 1 is 1.14 bits per heavy atom. The van der Waals surface area contributed by atoms with Gasteiger partial charge in [0.15, 0.2) is 0 Å². The van der Waals surface area contributed by atoms with Crippen molar-refractivity contribution in [3.63, 3.8) is 0 Å². The Morgan fingerprint density at radius 2 is 1.86 bits per heavy atom. The Hall–Kier alpha value is -1.66. The van der Waals surface area contributed by atoms with Crippen molar-refractivity contribution >= 4 is 12.6 Å². The van der Waals surface area contributed by atoms with E-state index in [4.69, 9.17) is 10.0 Å². The Bertz CT molecular complexity index is 399. The maximum Gasteiger partial charge on any atom is 0.488 e. The zero-order valence-corrected chi connectivity index (χ0v) is 7.28. The van der Waals surface area contributed by atoms with Crippen LogP contribution in [-0.2, 0) is 0 Å². The SMILES string of the molecule is OB(O)c1ccc(-n2ccnn2)cc1. The quantitative estimate of drug-likeness (QED) is 0.591. The summed E-state index contributed by atoms with van der Waals surface area (Å²) in [6, 6.07) is 6.73. The van der Waals surface area contributed by atoms with Gasteiger partial charge in [0, 0.05) is 0 Å². The molecule has 0 atom stereocenters. The third-order valence-corrected chi connectivity index (χ3v) is 1.88. The summed E-state index contributed by atoms with van der Waals surface area (Å²) in [4.78, 5) is 0. The molecule has 2 rings (SSSR count). The first-order valence-electron chi connectivity index (χ1n) is 4.10. The zero-order chi connectivity index (χ0) is 9.97. The lowest BCUT2D eigenvalue weighted by molar-refractivity contribution is 0.426. The molecule has 0 saturated carbocycles. The third-order valence-electron chi connectivity index (χ3n) is 1.88. The standard InChI is InChI=1S/C8H8BN3O2/c13-9(14)7-1-3-8(4-2-7)12-6-5-10-11-12/h1-6,13-14H. The van der Waals surface area contributed by atoms with Gasteiger partial charge < -0.3 is 10.0 Å². The zero-order valence-electron chi connectivity index (χ0n) is 7.28. The molecule has 0 fully saturated rings. The summed E-state index contributed by atoms with van der Waals surface area (Å²) >= 11 is 0. The molecule has 6 heteroatoms. The molecule has 1 heterocycles. The van der Waals surface area contributed by atoms with Crippen molar-refractivity contribution in [1.29, 1.82) is 0 Å². The van der Waals surface area contributed by atoms with Crippen molar-refractivity contribution in [2.45, 2.75) is 0 Å². The Kier molecular flexibility index (Phi) is 2.30. The Morgan fingerprint density at radius 3 is 2.36 bits per heavy atom. The van der Waals surface area contributed by atoms with Crippen LogP contribution in [0.2, 0.25) is 0 Å². The van der Waals surface area contributed by atoms with E-state index >= 15 is 0 Å². The van der Waals surface area contributed by atoms with Crippen molar-refractivity contribution in [2.75, 3.05) is 0 Å². The first-order valence-corrected chi connectivity index (χ1v) is 4.10. The molecule has 1 aromatic heterocycles. The molecule has 2 aromatic rings. The minimum Gasteiger partial charge on any atom is -0.423 e. The average molecular weight is 189 g/mol. The maximum atomic E-state index is 8.87. The van der Waals surface area contributed by atoms with Crippen LogP contribution < -0.4 is 5.46 Å². The van der Waals surface area contributed by atoms with Gasteiger partial charge in [-0.3, -0.25) is 0 Å². The van der Waals surface area contributed by atoms with Crippen LogP contribution >= 0.6 is 0 Å². The van der Waals surface area contributed by atoms with E-state index in [0.29, 0.717) is 5.46 Å². The van der Waals surface area contributed by atoms with Gasteiger partial charge in [-0.1, -0.05) is 17.3 Å². The second-order valence-electron chi connectivity index (χ2n) is 2.81. The predicted octanol–water partition coefficient (Wildman–Crippen LogP) is -1.05. The monoisotopic (exact) mass is 189 g/mol. The van der Waals surface area contributed by atoms with Gasteiger partial charge in [-0.15, -0.1) is 5.10 Å². The average Bonchev–Trinajstić information content (AvgIpc) is 2.71. The Labute approximate surface area is 80.8 Å². The van der Waals surface area contributed by atoms with E-state index in [0.717, 1.165) is 5.69 Å². The summed E-state index contributed by atoms with van der Waals surface area (Å²) in [5.41, 5.74) is 1.28. The van der Waals surface area contributed by atoms with Crippen molar-refractivity contribution < 1.29 is 10.0 Å². The van der Waals surface area contributed by atoms with E-state index < -0.39 is 7.12 Å². The van der Waals surface area contributed by atoms with Gasteiger partial charge in [0.05, 0.1) is 18.1 Å². The molecular formula is C8H8BN3O2. The van der Waals surface area contributed by atoms with E-state index in [-0.39, 0.29) is 0 Å². The highest BCUT2D eigenvalue weighted by Crippen LogP contribution is 2.02. The first kappa shape index (κ1) is 8.92. The smallest absolute Gasteiger partial charge is 0.423 e. The van der Waals surface area contributed by atoms with Crippen molar-refractivity contribution in [3.8, 4) is 5.69 Å². The fourth-order valence-electron chi connectivity index (χ4n) is 1.15. The van der Waals surface area contributed by atoms with Crippen molar-refractivity contribution in [3.05, 3.63) is 36.7 Å². The van der Waals surface area contributed by atoms with Gasteiger partial charge in [-0.05, 0) is 17.6 Å². The second-order valence-corrected chi connectivity index (χ2v) is 2.81. The molecule has 0 radical (unpaired) electrons. The van der Waals surface area contributed by atoms with Crippen LogP contribution in [0.3, 0.4) is 0 Å². The molecule has 0 spiro atoms. The van der Waals surface area contributed by atoms with E-state index in [1.807, 2.05) is 0 Å². The normalized spacial score (nSPS) is 10.1. The van der Waals surface area contributed by atoms with Crippen molar-refractivity contribution in [1.82, 2.24) is 15.0 Å². The van der Waals surface area contributed by atoms with Gasteiger partial charge in [0.2, 0.25) is 0 Å². The van der Waals surface area contributed by atoms with Gasteiger partial charge in [-0.25, -0.2) is 4.68 Å². The fourth-order valence-corrected chi connectivity index (χ4v) is 1.15.